The van der Waals surface area contributed by atoms with Crippen LogP contribution in [0.1, 0.15) is 25.0 Å². The first-order valence-electron chi connectivity index (χ1n) is 5.69. The van der Waals surface area contributed by atoms with E-state index in [9.17, 15) is 9.59 Å². The highest BCUT2D eigenvalue weighted by Crippen LogP contribution is 2.14. The number of halogens is 2. The third-order valence-electron chi connectivity index (χ3n) is 2.76. The predicted octanol–water partition coefficient (Wildman–Crippen LogP) is 1.37. The van der Waals surface area contributed by atoms with Crippen LogP contribution in [-0.4, -0.2) is 20.8 Å². The first kappa shape index (κ1) is 15.7. The van der Waals surface area contributed by atoms with Crippen molar-refractivity contribution in [3.63, 3.8) is 0 Å². The highest BCUT2D eigenvalue weighted by molar-refractivity contribution is 9.10. The molecule has 7 heteroatoms. The SMILES string of the molecule is Cn1c(=O)c(Br)c(CBr)n(CCCCCO)c1=O. The summed E-state index contributed by atoms with van der Waals surface area (Å²) < 4.78 is 3.11. The second kappa shape index (κ2) is 7.25. The van der Waals surface area contributed by atoms with Gasteiger partial charge in [0.1, 0.15) is 4.47 Å². The van der Waals surface area contributed by atoms with Crippen LogP contribution in [0, 0.1) is 0 Å². The van der Waals surface area contributed by atoms with Crippen molar-refractivity contribution in [3.8, 4) is 0 Å². The predicted molar refractivity (Wildman–Crippen MR) is 77.2 cm³/mol. The third kappa shape index (κ3) is 3.33. The summed E-state index contributed by atoms with van der Waals surface area (Å²) in [5.41, 5.74) is 0.0369. The van der Waals surface area contributed by atoms with Crippen LogP contribution in [0.5, 0.6) is 0 Å². The van der Waals surface area contributed by atoms with Crippen LogP contribution >= 0.6 is 31.9 Å². The lowest BCUT2D eigenvalue weighted by molar-refractivity contribution is 0.281. The fourth-order valence-corrected chi connectivity index (χ4v) is 3.27. The van der Waals surface area contributed by atoms with Crippen molar-refractivity contribution in [2.45, 2.75) is 31.1 Å². The van der Waals surface area contributed by atoms with Gasteiger partial charge in [-0.05, 0) is 35.2 Å². The summed E-state index contributed by atoms with van der Waals surface area (Å²) in [5, 5.41) is 9.16. The van der Waals surface area contributed by atoms with E-state index in [1.165, 1.54) is 7.05 Å². The molecule has 5 nitrogen and oxygen atoms in total. The summed E-state index contributed by atoms with van der Waals surface area (Å²) in [6.07, 6.45) is 2.38. The summed E-state index contributed by atoms with van der Waals surface area (Å²) in [6.45, 7) is 0.712. The molecule has 1 rings (SSSR count). The molecule has 0 aromatic carbocycles. The fraction of sp³-hybridized carbons (Fsp3) is 0.636. The van der Waals surface area contributed by atoms with Gasteiger partial charge >= 0.3 is 5.69 Å². The lowest BCUT2D eigenvalue weighted by Gasteiger charge is -2.14. The molecule has 0 aliphatic heterocycles. The summed E-state index contributed by atoms with van der Waals surface area (Å²) in [6, 6.07) is 0. The van der Waals surface area contributed by atoms with Crippen molar-refractivity contribution in [2.75, 3.05) is 6.61 Å². The Labute approximate surface area is 122 Å². The topological polar surface area (TPSA) is 64.2 Å². The standard InChI is InChI=1S/C11H16Br2N2O3/c1-14-10(17)9(13)8(7-12)15(11(14)18)5-3-2-4-6-16/h16H,2-7H2,1H3. The first-order valence-corrected chi connectivity index (χ1v) is 7.61. The van der Waals surface area contributed by atoms with E-state index < -0.39 is 0 Å². The maximum atomic E-state index is 12.0. The summed E-state index contributed by atoms with van der Waals surface area (Å²) >= 11 is 6.53. The van der Waals surface area contributed by atoms with Gasteiger partial charge in [-0.2, -0.15) is 0 Å². The molecule has 0 aliphatic rings. The average Bonchev–Trinajstić information content (AvgIpc) is 2.38. The number of hydrogen-bond donors (Lipinski definition) is 1. The minimum Gasteiger partial charge on any atom is -0.396 e. The number of unbranched alkanes of at least 4 members (excludes halogenated alkanes) is 2. The minimum atomic E-state index is -0.318. The van der Waals surface area contributed by atoms with Crippen LogP contribution < -0.4 is 11.2 Å². The Bertz CT molecular complexity index is 522. The van der Waals surface area contributed by atoms with Gasteiger partial charge in [-0.25, -0.2) is 4.79 Å². The molecule has 0 saturated heterocycles. The van der Waals surface area contributed by atoms with E-state index in [1.807, 2.05) is 0 Å². The van der Waals surface area contributed by atoms with Crippen LogP contribution in [0.4, 0.5) is 0 Å². The Morgan fingerprint density at radius 2 is 1.89 bits per heavy atom. The molecule has 1 heterocycles. The number of nitrogens with zero attached hydrogens (tertiary/aromatic N) is 2. The van der Waals surface area contributed by atoms with Gasteiger partial charge < -0.3 is 5.11 Å². The van der Waals surface area contributed by atoms with Crippen LogP contribution in [0.2, 0.25) is 0 Å². The van der Waals surface area contributed by atoms with Gasteiger partial charge in [-0.1, -0.05) is 15.9 Å². The number of rotatable bonds is 6. The van der Waals surface area contributed by atoms with E-state index in [0.29, 0.717) is 22.0 Å². The third-order valence-corrected chi connectivity index (χ3v) is 4.08. The van der Waals surface area contributed by atoms with Gasteiger partial charge in [0.2, 0.25) is 0 Å². The van der Waals surface area contributed by atoms with Gasteiger partial charge in [-0.3, -0.25) is 13.9 Å². The first-order chi connectivity index (χ1) is 8.54. The van der Waals surface area contributed by atoms with Gasteiger partial charge in [0.25, 0.3) is 5.56 Å². The molecule has 102 valence electrons. The van der Waals surface area contributed by atoms with Gasteiger partial charge in [0, 0.05) is 25.5 Å². The van der Waals surface area contributed by atoms with Crippen molar-refractivity contribution in [1.82, 2.24) is 9.13 Å². The smallest absolute Gasteiger partial charge is 0.331 e. The molecule has 0 aliphatic carbocycles. The highest BCUT2D eigenvalue weighted by atomic mass is 79.9. The second-order valence-corrected chi connectivity index (χ2v) is 5.33. The molecule has 0 bridgehead atoms. The van der Waals surface area contributed by atoms with Gasteiger partial charge in [0.05, 0.1) is 5.69 Å². The molecular formula is C11H16Br2N2O3. The molecule has 0 unspecified atom stereocenters. The average molecular weight is 384 g/mol. The molecule has 0 atom stereocenters. The monoisotopic (exact) mass is 382 g/mol. The van der Waals surface area contributed by atoms with Crippen molar-refractivity contribution < 1.29 is 5.11 Å². The summed E-state index contributed by atoms with van der Waals surface area (Å²) in [7, 11) is 1.47. The van der Waals surface area contributed by atoms with Crippen LogP contribution in [-0.2, 0) is 18.9 Å². The molecule has 1 N–H and O–H groups in total. The van der Waals surface area contributed by atoms with Crippen molar-refractivity contribution in [1.29, 1.82) is 0 Å². The molecule has 1 aromatic rings. The Hall–Kier alpha value is -0.400. The van der Waals surface area contributed by atoms with Crippen LogP contribution in [0.3, 0.4) is 0 Å². The minimum absolute atomic E-state index is 0.164. The molecule has 1 aromatic heterocycles. The normalized spacial score (nSPS) is 10.9. The lowest BCUT2D eigenvalue weighted by Crippen LogP contribution is -2.40. The number of aliphatic hydroxyl groups is 1. The molecule has 0 amide bonds. The van der Waals surface area contributed by atoms with Gasteiger partial charge in [0.15, 0.2) is 0 Å². The number of hydrogen-bond acceptors (Lipinski definition) is 3. The summed E-state index contributed by atoms with van der Waals surface area (Å²) in [5.74, 6) is 0. The van der Waals surface area contributed by atoms with E-state index in [4.69, 9.17) is 5.11 Å². The Morgan fingerprint density at radius 1 is 1.22 bits per heavy atom. The Kier molecular flexibility index (Phi) is 6.31. The van der Waals surface area contributed by atoms with E-state index in [2.05, 4.69) is 31.9 Å². The van der Waals surface area contributed by atoms with Crippen LogP contribution in [0.15, 0.2) is 14.1 Å². The number of aromatic nitrogens is 2. The molecule has 0 saturated carbocycles. The number of aliphatic hydroxyl groups excluding tert-OH is 1. The lowest BCUT2D eigenvalue weighted by atomic mass is 10.2. The zero-order valence-corrected chi connectivity index (χ0v) is 13.3. The molecule has 0 spiro atoms. The maximum absolute atomic E-state index is 12.0. The van der Waals surface area contributed by atoms with Gasteiger partial charge in [-0.15, -0.1) is 0 Å². The van der Waals surface area contributed by atoms with E-state index in [-0.39, 0.29) is 17.9 Å². The van der Waals surface area contributed by atoms with Crippen molar-refractivity contribution in [2.24, 2.45) is 7.05 Å². The van der Waals surface area contributed by atoms with Crippen molar-refractivity contribution >= 4 is 31.9 Å². The quantitative estimate of drug-likeness (QED) is 0.596. The molecule has 0 fully saturated rings. The molecule has 0 radical (unpaired) electrons. The fourth-order valence-electron chi connectivity index (χ4n) is 1.69. The second-order valence-electron chi connectivity index (χ2n) is 3.98. The number of alkyl halides is 1. The van der Waals surface area contributed by atoms with E-state index >= 15 is 0 Å². The van der Waals surface area contributed by atoms with Crippen LogP contribution in [0.25, 0.3) is 0 Å². The largest absolute Gasteiger partial charge is 0.396 e. The molecular weight excluding hydrogens is 368 g/mol. The molecule has 18 heavy (non-hydrogen) atoms. The zero-order chi connectivity index (χ0) is 13.7. The zero-order valence-electron chi connectivity index (χ0n) is 10.2. The highest BCUT2D eigenvalue weighted by Gasteiger charge is 2.14. The Morgan fingerprint density at radius 3 is 2.44 bits per heavy atom. The van der Waals surface area contributed by atoms with E-state index in [0.717, 1.165) is 23.8 Å². The summed E-state index contributed by atoms with van der Waals surface area (Å²) in [4.78, 5) is 23.8. The van der Waals surface area contributed by atoms with E-state index in [1.54, 1.807) is 4.57 Å². The van der Waals surface area contributed by atoms with Crippen molar-refractivity contribution in [3.05, 3.63) is 31.0 Å². The maximum Gasteiger partial charge on any atom is 0.331 e. The Balaban J connectivity index is 3.10.